The van der Waals surface area contributed by atoms with E-state index in [1.807, 2.05) is 0 Å². The zero-order valence-corrected chi connectivity index (χ0v) is 18.8. The fraction of sp³-hybridized carbons (Fsp3) is 0.231. The minimum absolute atomic E-state index is 0.202. The number of benzene rings is 3. The van der Waals surface area contributed by atoms with E-state index in [2.05, 4.69) is 5.32 Å². The molecule has 0 aliphatic rings. The summed E-state index contributed by atoms with van der Waals surface area (Å²) in [6.45, 7) is 2.01. The number of nitrogens with one attached hydrogen (secondary N) is 1. The highest BCUT2D eigenvalue weighted by molar-refractivity contribution is 5.97. The van der Waals surface area contributed by atoms with Crippen molar-refractivity contribution in [2.75, 3.05) is 7.11 Å². The van der Waals surface area contributed by atoms with Gasteiger partial charge in [-0.25, -0.2) is 8.78 Å². The molecule has 6 nitrogen and oxygen atoms in total. The van der Waals surface area contributed by atoms with Crippen LogP contribution in [0.5, 0.6) is 17.2 Å². The summed E-state index contributed by atoms with van der Waals surface area (Å²) in [6, 6.07) is 14.6. The molecule has 1 atom stereocenters. The number of carboxylic acids is 1. The van der Waals surface area contributed by atoms with E-state index in [4.69, 9.17) is 9.47 Å². The summed E-state index contributed by atoms with van der Waals surface area (Å²) in [5, 5.41) is 12.1. The summed E-state index contributed by atoms with van der Waals surface area (Å²) in [5.41, 5.74) is 1.79. The van der Waals surface area contributed by atoms with Gasteiger partial charge in [0.2, 0.25) is 0 Å². The van der Waals surface area contributed by atoms with Crippen LogP contribution < -0.4 is 14.8 Å². The maximum atomic E-state index is 13.7. The Morgan fingerprint density at radius 3 is 2.32 bits per heavy atom. The molecule has 0 bridgehead atoms. The maximum absolute atomic E-state index is 13.7. The summed E-state index contributed by atoms with van der Waals surface area (Å²) in [5.74, 6) is -2.59. The lowest BCUT2D eigenvalue weighted by molar-refractivity contribution is -0.141. The molecule has 34 heavy (non-hydrogen) atoms. The average Bonchev–Trinajstić information content (AvgIpc) is 2.83. The second kappa shape index (κ2) is 11.3. The van der Waals surface area contributed by atoms with Gasteiger partial charge in [0.25, 0.3) is 5.91 Å². The fourth-order valence-electron chi connectivity index (χ4n) is 3.39. The molecule has 3 rings (SSSR count). The van der Waals surface area contributed by atoms with Crippen molar-refractivity contribution >= 4 is 11.9 Å². The first-order valence-corrected chi connectivity index (χ1v) is 10.7. The lowest BCUT2D eigenvalue weighted by Crippen LogP contribution is -2.24. The van der Waals surface area contributed by atoms with Gasteiger partial charge in [-0.3, -0.25) is 9.59 Å². The molecular weight excluding hydrogens is 444 g/mol. The number of carbonyl (C=O) groups excluding carboxylic acids is 1. The molecule has 178 valence electrons. The second-order valence-corrected chi connectivity index (χ2v) is 7.69. The van der Waals surface area contributed by atoms with Crippen LogP contribution in [0.4, 0.5) is 8.78 Å². The summed E-state index contributed by atoms with van der Waals surface area (Å²) in [4.78, 5) is 24.2. The smallest absolute Gasteiger partial charge is 0.306 e. The Kier molecular flexibility index (Phi) is 8.19. The van der Waals surface area contributed by atoms with Crippen LogP contribution in [0.15, 0.2) is 60.7 Å². The summed E-state index contributed by atoms with van der Waals surface area (Å²) in [7, 11) is 1.46. The number of carbonyl (C=O) groups is 2. The Bertz CT molecular complexity index is 1160. The van der Waals surface area contributed by atoms with Crippen LogP contribution in [0.3, 0.4) is 0 Å². The highest BCUT2D eigenvalue weighted by Gasteiger charge is 2.18. The normalized spacial score (nSPS) is 11.5. The van der Waals surface area contributed by atoms with Crippen molar-refractivity contribution in [3.05, 3.63) is 89.0 Å². The van der Waals surface area contributed by atoms with Gasteiger partial charge >= 0.3 is 5.97 Å². The van der Waals surface area contributed by atoms with Gasteiger partial charge in [0.15, 0.2) is 11.6 Å². The van der Waals surface area contributed by atoms with E-state index in [0.29, 0.717) is 29.9 Å². The number of carboxylic acid groups (broad SMARTS) is 1. The molecule has 0 spiro atoms. The van der Waals surface area contributed by atoms with E-state index in [1.165, 1.54) is 7.11 Å². The fourth-order valence-corrected chi connectivity index (χ4v) is 3.39. The van der Waals surface area contributed by atoms with Gasteiger partial charge in [0.1, 0.15) is 17.3 Å². The topological polar surface area (TPSA) is 84.9 Å². The molecule has 0 aliphatic heterocycles. The first-order chi connectivity index (χ1) is 16.3. The molecule has 1 amide bonds. The van der Waals surface area contributed by atoms with Crippen molar-refractivity contribution in [1.29, 1.82) is 0 Å². The van der Waals surface area contributed by atoms with Crippen LogP contribution in [-0.2, 0) is 17.8 Å². The third kappa shape index (κ3) is 6.31. The average molecular weight is 469 g/mol. The minimum atomic E-state index is -0.878. The molecule has 0 radical (unpaired) electrons. The maximum Gasteiger partial charge on any atom is 0.306 e. The molecule has 3 aromatic rings. The lowest BCUT2D eigenvalue weighted by atomic mass is 9.95. The molecule has 0 aromatic heterocycles. The number of halogens is 2. The van der Waals surface area contributed by atoms with Gasteiger partial charge in [-0.1, -0.05) is 25.1 Å². The Labute approximate surface area is 196 Å². The summed E-state index contributed by atoms with van der Waals surface area (Å²) in [6.07, 6.45) is 0.790. The lowest BCUT2D eigenvalue weighted by Gasteiger charge is -2.14. The van der Waals surface area contributed by atoms with Crippen LogP contribution in [0, 0.1) is 17.6 Å². The minimum Gasteiger partial charge on any atom is -0.496 e. The summed E-state index contributed by atoms with van der Waals surface area (Å²) < 4.78 is 37.7. The molecule has 0 unspecified atom stereocenters. The Morgan fingerprint density at radius 2 is 1.68 bits per heavy atom. The largest absolute Gasteiger partial charge is 0.496 e. The first-order valence-electron chi connectivity index (χ1n) is 10.7. The molecule has 0 saturated carbocycles. The third-order valence-electron chi connectivity index (χ3n) is 5.33. The number of hydrogen-bond acceptors (Lipinski definition) is 4. The Hall–Kier alpha value is -3.94. The predicted molar refractivity (Wildman–Crippen MR) is 122 cm³/mol. The number of amides is 1. The van der Waals surface area contributed by atoms with Crippen molar-refractivity contribution in [1.82, 2.24) is 5.32 Å². The van der Waals surface area contributed by atoms with Crippen molar-refractivity contribution < 1.29 is 33.0 Å². The number of hydrogen-bond donors (Lipinski definition) is 2. The molecule has 8 heteroatoms. The molecule has 3 aromatic carbocycles. The van der Waals surface area contributed by atoms with Crippen molar-refractivity contribution in [3.8, 4) is 17.2 Å². The van der Waals surface area contributed by atoms with Crippen LogP contribution in [0.25, 0.3) is 0 Å². The first kappa shape index (κ1) is 24.7. The van der Waals surface area contributed by atoms with Gasteiger partial charge < -0.3 is 19.9 Å². The molecule has 0 saturated heterocycles. The number of methoxy groups -OCH3 is 1. The molecule has 0 aliphatic carbocycles. The van der Waals surface area contributed by atoms with E-state index in [-0.39, 0.29) is 18.2 Å². The highest BCUT2D eigenvalue weighted by atomic mass is 19.1. The highest BCUT2D eigenvalue weighted by Crippen LogP contribution is 2.26. The van der Waals surface area contributed by atoms with Crippen molar-refractivity contribution in [2.24, 2.45) is 5.92 Å². The van der Waals surface area contributed by atoms with Crippen LogP contribution in [0.1, 0.15) is 34.8 Å². The van der Waals surface area contributed by atoms with Gasteiger partial charge in [-0.2, -0.15) is 0 Å². The van der Waals surface area contributed by atoms with Crippen LogP contribution in [0.2, 0.25) is 0 Å². The second-order valence-electron chi connectivity index (χ2n) is 7.69. The van der Waals surface area contributed by atoms with Crippen LogP contribution in [-0.4, -0.2) is 24.1 Å². The van der Waals surface area contributed by atoms with E-state index >= 15 is 0 Å². The zero-order valence-electron chi connectivity index (χ0n) is 18.8. The van der Waals surface area contributed by atoms with Gasteiger partial charge in [-0.15, -0.1) is 0 Å². The van der Waals surface area contributed by atoms with E-state index in [1.54, 1.807) is 49.4 Å². The molecule has 0 heterocycles. The van der Waals surface area contributed by atoms with E-state index in [0.717, 1.165) is 29.3 Å². The van der Waals surface area contributed by atoms with Gasteiger partial charge in [-0.05, 0) is 60.4 Å². The molecule has 2 N–H and O–H groups in total. The quantitative estimate of drug-likeness (QED) is 0.418. The molecule has 0 fully saturated rings. The van der Waals surface area contributed by atoms with Crippen molar-refractivity contribution in [2.45, 2.75) is 26.3 Å². The number of aliphatic carboxylic acids is 1. The van der Waals surface area contributed by atoms with Gasteiger partial charge in [0, 0.05) is 12.6 Å². The van der Waals surface area contributed by atoms with E-state index in [9.17, 15) is 23.5 Å². The monoisotopic (exact) mass is 469 g/mol. The van der Waals surface area contributed by atoms with Gasteiger partial charge in [0.05, 0.1) is 18.6 Å². The zero-order chi connectivity index (χ0) is 24.7. The molecular formula is C26H25F2NO5. The van der Waals surface area contributed by atoms with E-state index < -0.39 is 23.5 Å². The predicted octanol–water partition coefficient (Wildman–Crippen LogP) is 5.35. The van der Waals surface area contributed by atoms with Crippen LogP contribution >= 0.6 is 0 Å². The SMILES string of the molecule is CC[C@@H](Cc1ccc(OC)c(C(=O)NCc2ccc(Oc3cc(F)ccc3F)cc2)c1)C(=O)O. The Morgan fingerprint density at radius 1 is 0.971 bits per heavy atom. The Balaban J connectivity index is 1.66. The summed E-state index contributed by atoms with van der Waals surface area (Å²) >= 11 is 0. The number of rotatable bonds is 10. The third-order valence-corrected chi connectivity index (χ3v) is 5.33. The van der Waals surface area contributed by atoms with Crippen molar-refractivity contribution in [3.63, 3.8) is 0 Å². The standard InChI is InChI=1S/C26H25F2NO5/c1-3-18(26(31)32)12-17-6-11-23(33-2)21(13-17)25(30)29-15-16-4-8-20(9-5-16)34-24-14-19(27)7-10-22(24)28/h4-11,13-14,18H,3,12,15H2,1-2H3,(H,29,30)(H,31,32)/t18-/m0/s1. The number of ether oxygens (including phenoxy) is 2.